The van der Waals surface area contributed by atoms with Crippen LogP contribution in [-0.4, -0.2) is 19.6 Å². The number of anilines is 1. The maximum absolute atomic E-state index is 4.32. The third kappa shape index (κ3) is 2.85. The largest absolute Gasteiger partial charge is 0.377 e. The van der Waals surface area contributed by atoms with Crippen molar-refractivity contribution in [1.29, 1.82) is 0 Å². The first kappa shape index (κ1) is 14.6. The van der Waals surface area contributed by atoms with Crippen molar-refractivity contribution < 1.29 is 0 Å². The summed E-state index contributed by atoms with van der Waals surface area (Å²) in [5, 5.41) is 12.0. The molecule has 2 aromatic rings. The van der Waals surface area contributed by atoms with Crippen LogP contribution in [0, 0.1) is 13.8 Å². The van der Waals surface area contributed by atoms with Gasteiger partial charge in [0.2, 0.25) is 0 Å². The summed E-state index contributed by atoms with van der Waals surface area (Å²) in [7, 11) is 1.96. The summed E-state index contributed by atoms with van der Waals surface area (Å²) in [6.45, 7) is 7.84. The molecule has 0 aliphatic heterocycles. The lowest BCUT2D eigenvalue weighted by atomic mass is 10.3. The average molecular weight is 270 g/mol. The molecule has 0 atom stereocenters. The standard InChI is InChI=1S/C12H19N5.ClH/c1-5-17-10(3)12(8-14-17)13-7-11-6-9(2)15-16(11)4;/h6,8,13H,5,7H2,1-4H3;1H. The van der Waals surface area contributed by atoms with Gasteiger partial charge in [0.05, 0.1) is 35.5 Å². The maximum atomic E-state index is 4.32. The zero-order valence-electron chi connectivity index (χ0n) is 11.3. The Morgan fingerprint density at radius 3 is 2.56 bits per heavy atom. The van der Waals surface area contributed by atoms with Crippen LogP contribution in [0.4, 0.5) is 5.69 Å². The van der Waals surface area contributed by atoms with Crippen molar-refractivity contribution in [3.8, 4) is 0 Å². The van der Waals surface area contributed by atoms with E-state index in [4.69, 9.17) is 0 Å². The second-order valence-electron chi connectivity index (χ2n) is 4.21. The van der Waals surface area contributed by atoms with Crippen LogP contribution in [0.2, 0.25) is 0 Å². The van der Waals surface area contributed by atoms with Crippen LogP contribution in [-0.2, 0) is 20.1 Å². The third-order valence-corrected chi connectivity index (χ3v) is 2.96. The highest BCUT2D eigenvalue weighted by molar-refractivity contribution is 5.85. The smallest absolute Gasteiger partial charge is 0.0759 e. The molecule has 0 aliphatic carbocycles. The number of nitrogens with one attached hydrogen (secondary N) is 1. The van der Waals surface area contributed by atoms with Gasteiger partial charge in [-0.1, -0.05) is 0 Å². The molecule has 0 fully saturated rings. The van der Waals surface area contributed by atoms with E-state index in [0.29, 0.717) is 0 Å². The molecule has 0 spiro atoms. The van der Waals surface area contributed by atoms with Gasteiger partial charge in [-0.25, -0.2) is 0 Å². The molecule has 2 rings (SSSR count). The SMILES string of the molecule is CCn1ncc(NCc2cc(C)nn2C)c1C.Cl. The molecule has 0 saturated carbocycles. The lowest BCUT2D eigenvalue weighted by Gasteiger charge is -2.06. The second-order valence-corrected chi connectivity index (χ2v) is 4.21. The van der Waals surface area contributed by atoms with E-state index in [-0.39, 0.29) is 12.4 Å². The number of aromatic nitrogens is 4. The van der Waals surface area contributed by atoms with Crippen LogP contribution in [0.1, 0.15) is 24.0 Å². The number of aryl methyl sites for hydroxylation is 3. The summed E-state index contributed by atoms with van der Waals surface area (Å²) in [6, 6.07) is 2.09. The Bertz CT molecular complexity index is 515. The van der Waals surface area contributed by atoms with Gasteiger partial charge in [-0.3, -0.25) is 9.36 Å². The van der Waals surface area contributed by atoms with Crippen LogP contribution in [0.5, 0.6) is 0 Å². The highest BCUT2D eigenvalue weighted by atomic mass is 35.5. The van der Waals surface area contributed by atoms with Crippen molar-refractivity contribution in [1.82, 2.24) is 19.6 Å². The van der Waals surface area contributed by atoms with E-state index < -0.39 is 0 Å². The van der Waals surface area contributed by atoms with E-state index in [2.05, 4.69) is 35.4 Å². The quantitative estimate of drug-likeness (QED) is 0.926. The number of nitrogens with zero attached hydrogens (tertiary/aromatic N) is 4. The molecule has 2 aromatic heterocycles. The van der Waals surface area contributed by atoms with Gasteiger partial charge in [-0.2, -0.15) is 10.2 Å². The lowest BCUT2D eigenvalue weighted by Crippen LogP contribution is -2.06. The van der Waals surface area contributed by atoms with Crippen molar-refractivity contribution in [2.45, 2.75) is 33.9 Å². The first-order chi connectivity index (χ1) is 8.11. The lowest BCUT2D eigenvalue weighted by molar-refractivity contribution is 0.640. The number of hydrogen-bond acceptors (Lipinski definition) is 3. The third-order valence-electron chi connectivity index (χ3n) is 2.96. The molecule has 6 heteroatoms. The molecule has 0 amide bonds. The highest BCUT2D eigenvalue weighted by Gasteiger charge is 2.06. The minimum Gasteiger partial charge on any atom is -0.377 e. The van der Waals surface area contributed by atoms with Crippen molar-refractivity contribution in [3.05, 3.63) is 29.3 Å². The van der Waals surface area contributed by atoms with E-state index in [9.17, 15) is 0 Å². The summed E-state index contributed by atoms with van der Waals surface area (Å²) < 4.78 is 3.89. The first-order valence-electron chi connectivity index (χ1n) is 5.87. The fourth-order valence-electron chi connectivity index (χ4n) is 1.95. The Kier molecular flexibility index (Phi) is 4.78. The zero-order valence-corrected chi connectivity index (χ0v) is 12.1. The summed E-state index contributed by atoms with van der Waals surface area (Å²) in [5.74, 6) is 0. The molecular formula is C12H20ClN5. The maximum Gasteiger partial charge on any atom is 0.0759 e. The second kappa shape index (κ2) is 5.91. The average Bonchev–Trinajstić information content (AvgIpc) is 2.79. The predicted octanol–water partition coefficient (Wildman–Crippen LogP) is 2.29. The van der Waals surface area contributed by atoms with Gasteiger partial charge in [0, 0.05) is 13.6 Å². The van der Waals surface area contributed by atoms with Crippen molar-refractivity contribution in [2.75, 3.05) is 5.32 Å². The van der Waals surface area contributed by atoms with E-state index in [1.165, 1.54) is 11.4 Å². The van der Waals surface area contributed by atoms with E-state index in [0.717, 1.165) is 24.5 Å². The van der Waals surface area contributed by atoms with Crippen LogP contribution >= 0.6 is 12.4 Å². The molecule has 2 heterocycles. The minimum absolute atomic E-state index is 0. The molecule has 18 heavy (non-hydrogen) atoms. The van der Waals surface area contributed by atoms with E-state index >= 15 is 0 Å². The van der Waals surface area contributed by atoms with E-state index in [1.54, 1.807) is 0 Å². The van der Waals surface area contributed by atoms with Crippen molar-refractivity contribution in [3.63, 3.8) is 0 Å². The summed E-state index contributed by atoms with van der Waals surface area (Å²) >= 11 is 0. The van der Waals surface area contributed by atoms with Gasteiger partial charge in [0.25, 0.3) is 0 Å². The molecule has 5 nitrogen and oxygen atoms in total. The molecule has 0 saturated heterocycles. The van der Waals surface area contributed by atoms with Gasteiger partial charge in [0.1, 0.15) is 0 Å². The van der Waals surface area contributed by atoms with Crippen LogP contribution in [0.3, 0.4) is 0 Å². The van der Waals surface area contributed by atoms with Gasteiger partial charge in [0.15, 0.2) is 0 Å². The fraction of sp³-hybridized carbons (Fsp3) is 0.500. The Labute approximate surface area is 114 Å². The Balaban J connectivity index is 0.00000162. The molecule has 100 valence electrons. The summed E-state index contributed by atoms with van der Waals surface area (Å²) in [6.07, 6.45) is 1.88. The number of hydrogen-bond donors (Lipinski definition) is 1. The van der Waals surface area contributed by atoms with Crippen molar-refractivity contribution in [2.24, 2.45) is 7.05 Å². The van der Waals surface area contributed by atoms with Crippen molar-refractivity contribution >= 4 is 18.1 Å². The topological polar surface area (TPSA) is 47.7 Å². The van der Waals surface area contributed by atoms with Crippen LogP contribution in [0.25, 0.3) is 0 Å². The Hall–Kier alpha value is -1.49. The monoisotopic (exact) mass is 269 g/mol. The molecule has 0 bridgehead atoms. The highest BCUT2D eigenvalue weighted by Crippen LogP contribution is 2.14. The molecular weight excluding hydrogens is 250 g/mol. The molecule has 0 radical (unpaired) electrons. The first-order valence-corrected chi connectivity index (χ1v) is 5.87. The zero-order chi connectivity index (χ0) is 12.4. The van der Waals surface area contributed by atoms with Gasteiger partial charge < -0.3 is 5.32 Å². The molecule has 0 unspecified atom stereocenters. The van der Waals surface area contributed by atoms with Gasteiger partial charge in [-0.05, 0) is 26.8 Å². The molecule has 1 N–H and O–H groups in total. The van der Waals surface area contributed by atoms with Gasteiger partial charge in [-0.15, -0.1) is 12.4 Å². The molecule has 0 aromatic carbocycles. The summed E-state index contributed by atoms with van der Waals surface area (Å²) in [5.41, 5.74) is 4.48. The molecule has 0 aliphatic rings. The fourth-order valence-corrected chi connectivity index (χ4v) is 1.95. The normalized spacial score (nSPS) is 10.2. The minimum atomic E-state index is 0. The van der Waals surface area contributed by atoms with Crippen LogP contribution < -0.4 is 5.32 Å². The number of halogens is 1. The van der Waals surface area contributed by atoms with Crippen LogP contribution in [0.15, 0.2) is 12.3 Å². The Morgan fingerprint density at radius 1 is 1.33 bits per heavy atom. The summed E-state index contributed by atoms with van der Waals surface area (Å²) in [4.78, 5) is 0. The Morgan fingerprint density at radius 2 is 2.06 bits per heavy atom. The predicted molar refractivity (Wildman–Crippen MR) is 75.2 cm³/mol. The number of rotatable bonds is 4. The van der Waals surface area contributed by atoms with Gasteiger partial charge >= 0.3 is 0 Å². The van der Waals surface area contributed by atoms with E-state index in [1.807, 2.05) is 29.5 Å².